The van der Waals surface area contributed by atoms with E-state index in [9.17, 15) is 4.79 Å². The third-order valence-corrected chi connectivity index (χ3v) is 3.32. The van der Waals surface area contributed by atoms with Crippen LogP contribution in [0.1, 0.15) is 19.1 Å². The molecular formula is C16H18N2O4S. The van der Waals surface area contributed by atoms with Crippen LogP contribution < -0.4 is 15.4 Å². The third-order valence-electron chi connectivity index (χ3n) is 3.12. The van der Waals surface area contributed by atoms with Crippen LogP contribution in [0.25, 0.3) is 11.3 Å². The van der Waals surface area contributed by atoms with E-state index in [4.69, 9.17) is 26.5 Å². The second-order valence-corrected chi connectivity index (χ2v) is 5.10. The van der Waals surface area contributed by atoms with Crippen molar-refractivity contribution in [1.82, 2.24) is 5.32 Å². The second kappa shape index (κ2) is 7.75. The molecule has 7 heteroatoms. The quantitative estimate of drug-likeness (QED) is 0.729. The fourth-order valence-corrected chi connectivity index (χ4v) is 2.19. The molecule has 0 aliphatic heterocycles. The normalized spacial score (nSPS) is 10.2. The first kappa shape index (κ1) is 17.0. The van der Waals surface area contributed by atoms with Gasteiger partial charge in [-0.3, -0.25) is 4.79 Å². The zero-order valence-electron chi connectivity index (χ0n) is 12.9. The van der Waals surface area contributed by atoms with Gasteiger partial charge in [0.1, 0.15) is 23.9 Å². The Morgan fingerprint density at radius 3 is 2.74 bits per heavy atom. The predicted molar refractivity (Wildman–Crippen MR) is 91.3 cm³/mol. The van der Waals surface area contributed by atoms with Gasteiger partial charge in [0.25, 0.3) is 0 Å². The number of hydrogen-bond acceptors (Lipinski definition) is 5. The highest BCUT2D eigenvalue weighted by Crippen LogP contribution is 2.33. The fraction of sp³-hybridized carbons (Fsp3) is 0.250. The number of carbonyl (C=O) groups excluding carboxylic acids is 1. The maximum absolute atomic E-state index is 11.3. The number of anilines is 1. The summed E-state index contributed by atoms with van der Waals surface area (Å²) in [6.45, 7) is 1.59. The lowest BCUT2D eigenvalue weighted by Gasteiger charge is -2.12. The summed E-state index contributed by atoms with van der Waals surface area (Å²) in [7, 11) is 1.55. The third kappa shape index (κ3) is 4.30. The van der Waals surface area contributed by atoms with E-state index in [-0.39, 0.29) is 17.6 Å². The maximum Gasteiger partial charge on any atom is 0.225 e. The number of aliphatic hydroxyl groups is 1. The minimum absolute atomic E-state index is 0.154. The Morgan fingerprint density at radius 1 is 1.35 bits per heavy atom. The number of carbonyl (C=O) groups is 1. The van der Waals surface area contributed by atoms with Crippen molar-refractivity contribution in [1.29, 1.82) is 0 Å². The summed E-state index contributed by atoms with van der Waals surface area (Å²) < 4.78 is 10.9. The van der Waals surface area contributed by atoms with E-state index in [1.165, 1.54) is 0 Å². The van der Waals surface area contributed by atoms with Gasteiger partial charge in [0.05, 0.1) is 12.7 Å². The summed E-state index contributed by atoms with van der Waals surface area (Å²) in [4.78, 5) is 11.3. The summed E-state index contributed by atoms with van der Waals surface area (Å²) in [5.41, 5.74) is 1.43. The van der Waals surface area contributed by atoms with Gasteiger partial charge in [-0.15, -0.1) is 0 Å². The first-order valence-electron chi connectivity index (χ1n) is 7.06. The molecule has 0 spiro atoms. The summed E-state index contributed by atoms with van der Waals surface area (Å²) in [5.74, 6) is 1.50. The molecule has 0 saturated heterocycles. The van der Waals surface area contributed by atoms with Crippen molar-refractivity contribution in [3.8, 4) is 17.1 Å². The van der Waals surface area contributed by atoms with Gasteiger partial charge < -0.3 is 24.9 Å². The molecule has 23 heavy (non-hydrogen) atoms. The Hall–Kier alpha value is -2.38. The number of benzene rings is 1. The fourth-order valence-electron chi connectivity index (χ4n) is 1.96. The summed E-state index contributed by atoms with van der Waals surface area (Å²) in [6, 6.07) is 8.83. The van der Waals surface area contributed by atoms with Crippen molar-refractivity contribution in [2.75, 3.05) is 12.4 Å². The first-order valence-corrected chi connectivity index (χ1v) is 7.47. The zero-order valence-corrected chi connectivity index (χ0v) is 13.7. The predicted octanol–water partition coefficient (Wildman–Crippen LogP) is 2.67. The molecule has 0 atom stereocenters. The number of thiocarbonyl (C=S) groups is 1. The molecule has 1 aromatic heterocycles. The summed E-state index contributed by atoms with van der Waals surface area (Å²) in [6.07, 6.45) is 0.357. The van der Waals surface area contributed by atoms with Crippen LogP contribution in [0.3, 0.4) is 0 Å². The van der Waals surface area contributed by atoms with Crippen molar-refractivity contribution >= 4 is 28.9 Å². The van der Waals surface area contributed by atoms with Crippen LogP contribution >= 0.6 is 12.2 Å². The lowest BCUT2D eigenvalue weighted by atomic mass is 10.1. The molecular weight excluding hydrogens is 316 g/mol. The largest absolute Gasteiger partial charge is 0.496 e. The number of furan rings is 1. The first-order chi connectivity index (χ1) is 11.1. The van der Waals surface area contributed by atoms with Crippen molar-refractivity contribution < 1.29 is 19.1 Å². The van der Waals surface area contributed by atoms with Crippen LogP contribution in [0, 0.1) is 0 Å². The van der Waals surface area contributed by atoms with E-state index in [1.807, 2.05) is 6.07 Å². The number of aliphatic hydroxyl groups excluding tert-OH is 1. The standard InChI is InChI=1S/C16H18N2O4S/c1-3-15(20)18-16(23)17-10-4-6-12(14(8-10)21-2)13-7-5-11(9-19)22-13/h4-8,19H,3,9H2,1-2H3,(H2,17,18,20,23). The van der Waals surface area contributed by atoms with Gasteiger partial charge in [0, 0.05) is 18.2 Å². The van der Waals surface area contributed by atoms with Crippen molar-refractivity contribution in [3.05, 3.63) is 36.1 Å². The number of rotatable bonds is 5. The van der Waals surface area contributed by atoms with E-state index in [0.717, 1.165) is 5.56 Å². The number of methoxy groups -OCH3 is 1. The average molecular weight is 334 g/mol. The molecule has 2 rings (SSSR count). The molecule has 0 bridgehead atoms. The number of ether oxygens (including phenoxy) is 1. The van der Waals surface area contributed by atoms with Gasteiger partial charge in [-0.05, 0) is 36.5 Å². The lowest BCUT2D eigenvalue weighted by Crippen LogP contribution is -2.33. The van der Waals surface area contributed by atoms with Crippen molar-refractivity contribution in [2.45, 2.75) is 20.0 Å². The van der Waals surface area contributed by atoms with Crippen LogP contribution in [0.15, 0.2) is 34.7 Å². The van der Waals surface area contributed by atoms with E-state index in [0.29, 0.717) is 29.4 Å². The number of amides is 1. The van der Waals surface area contributed by atoms with Gasteiger partial charge in [0.2, 0.25) is 5.91 Å². The van der Waals surface area contributed by atoms with Crippen molar-refractivity contribution in [2.24, 2.45) is 0 Å². The molecule has 1 amide bonds. The highest BCUT2D eigenvalue weighted by molar-refractivity contribution is 7.80. The Balaban J connectivity index is 2.19. The van der Waals surface area contributed by atoms with Crippen LogP contribution in [-0.4, -0.2) is 23.2 Å². The minimum Gasteiger partial charge on any atom is -0.496 e. The molecule has 6 nitrogen and oxygen atoms in total. The number of nitrogens with one attached hydrogen (secondary N) is 2. The Kier molecular flexibility index (Phi) is 5.72. The highest BCUT2D eigenvalue weighted by Gasteiger charge is 2.12. The number of hydrogen-bond donors (Lipinski definition) is 3. The molecule has 3 N–H and O–H groups in total. The molecule has 1 aromatic carbocycles. The second-order valence-electron chi connectivity index (χ2n) is 4.69. The van der Waals surface area contributed by atoms with Crippen molar-refractivity contribution in [3.63, 3.8) is 0 Å². The molecule has 0 aliphatic rings. The average Bonchev–Trinajstić information content (AvgIpc) is 3.03. The van der Waals surface area contributed by atoms with Crippen LogP contribution in [-0.2, 0) is 11.4 Å². The van der Waals surface area contributed by atoms with Gasteiger partial charge in [0.15, 0.2) is 5.11 Å². The summed E-state index contributed by atoms with van der Waals surface area (Å²) in [5, 5.41) is 14.8. The molecule has 0 radical (unpaired) electrons. The SMILES string of the molecule is CCC(=O)NC(=S)Nc1ccc(-c2ccc(CO)o2)c(OC)c1. The van der Waals surface area contributed by atoms with Gasteiger partial charge in [-0.1, -0.05) is 6.92 Å². The maximum atomic E-state index is 11.3. The van der Waals surface area contributed by atoms with E-state index >= 15 is 0 Å². The highest BCUT2D eigenvalue weighted by atomic mass is 32.1. The Labute approximate surface area is 139 Å². The summed E-state index contributed by atoms with van der Waals surface area (Å²) >= 11 is 5.07. The lowest BCUT2D eigenvalue weighted by molar-refractivity contribution is -0.119. The van der Waals surface area contributed by atoms with E-state index in [2.05, 4.69) is 10.6 Å². The van der Waals surface area contributed by atoms with Gasteiger partial charge in [-0.2, -0.15) is 0 Å². The topological polar surface area (TPSA) is 83.7 Å². The minimum atomic E-state index is -0.159. The van der Waals surface area contributed by atoms with Gasteiger partial charge in [-0.25, -0.2) is 0 Å². The van der Waals surface area contributed by atoms with E-state index in [1.54, 1.807) is 38.3 Å². The molecule has 2 aromatic rings. The molecule has 0 aliphatic carbocycles. The van der Waals surface area contributed by atoms with Gasteiger partial charge >= 0.3 is 0 Å². The van der Waals surface area contributed by atoms with E-state index < -0.39 is 0 Å². The molecule has 1 heterocycles. The molecule has 0 saturated carbocycles. The molecule has 0 unspecified atom stereocenters. The smallest absolute Gasteiger partial charge is 0.225 e. The molecule has 0 fully saturated rings. The Morgan fingerprint density at radius 2 is 2.13 bits per heavy atom. The zero-order chi connectivity index (χ0) is 16.8. The Bertz CT molecular complexity index is 712. The molecule has 122 valence electrons. The van der Waals surface area contributed by atoms with Crippen LogP contribution in [0.2, 0.25) is 0 Å². The monoisotopic (exact) mass is 334 g/mol. The van der Waals surface area contributed by atoms with Crippen LogP contribution in [0.5, 0.6) is 5.75 Å². The van der Waals surface area contributed by atoms with Crippen LogP contribution in [0.4, 0.5) is 5.69 Å².